The maximum absolute atomic E-state index is 11.0. The van der Waals surface area contributed by atoms with Gasteiger partial charge in [-0.2, -0.15) is 0 Å². The summed E-state index contributed by atoms with van der Waals surface area (Å²) in [5, 5.41) is 13.3. The lowest BCUT2D eigenvalue weighted by Crippen LogP contribution is -2.12. The highest BCUT2D eigenvalue weighted by atomic mass is 16.3. The van der Waals surface area contributed by atoms with Crippen LogP contribution in [0, 0.1) is 13.8 Å². The summed E-state index contributed by atoms with van der Waals surface area (Å²) in [6.07, 6.45) is 1.84. The molecule has 50 heavy (non-hydrogen) atoms. The summed E-state index contributed by atoms with van der Waals surface area (Å²) in [6.45, 7) is 4.29. The number of hydrogen-bond donors (Lipinski definition) is 1. The van der Waals surface area contributed by atoms with Crippen molar-refractivity contribution in [3.63, 3.8) is 0 Å². The van der Waals surface area contributed by atoms with E-state index in [9.17, 15) is 5.11 Å². The number of benzene rings is 6. The second kappa shape index (κ2) is 13.2. The first-order valence-electron chi connectivity index (χ1n) is 16.8. The zero-order valence-corrected chi connectivity index (χ0v) is 28.0. The first kappa shape index (κ1) is 30.8. The molecular weight excluding hydrogens is 611 g/mol. The number of phenolic OH excluding ortho intramolecular Hbond substituents is 1. The van der Waals surface area contributed by atoms with E-state index in [0.717, 1.165) is 61.5 Å². The minimum absolute atomic E-state index is 0.195. The van der Waals surface area contributed by atoms with Gasteiger partial charge in [0.25, 0.3) is 0 Å². The van der Waals surface area contributed by atoms with Crippen molar-refractivity contribution in [1.82, 2.24) is 9.97 Å². The number of phenols is 1. The number of aromatic nitrogens is 2. The van der Waals surface area contributed by atoms with E-state index in [4.69, 9.17) is 9.97 Å². The Morgan fingerprint density at radius 2 is 1.20 bits per heavy atom. The lowest BCUT2D eigenvalue weighted by molar-refractivity contribution is 0.477. The predicted octanol–water partition coefficient (Wildman–Crippen LogP) is 12.1. The Morgan fingerprint density at radius 1 is 0.520 bits per heavy atom. The van der Waals surface area contributed by atoms with Gasteiger partial charge < -0.3 is 5.11 Å². The van der Waals surface area contributed by atoms with Gasteiger partial charge in [-0.15, -0.1) is 0 Å². The summed E-state index contributed by atoms with van der Waals surface area (Å²) in [5.41, 5.74) is 11.9. The van der Waals surface area contributed by atoms with E-state index in [2.05, 4.69) is 134 Å². The predicted molar refractivity (Wildman–Crippen MR) is 207 cm³/mol. The molecular formula is C46H35N3O. The van der Waals surface area contributed by atoms with Gasteiger partial charge in [0, 0.05) is 28.4 Å². The second-order valence-corrected chi connectivity index (χ2v) is 12.6. The molecule has 0 amide bonds. The van der Waals surface area contributed by atoms with Crippen LogP contribution in [0.3, 0.4) is 0 Å². The van der Waals surface area contributed by atoms with Gasteiger partial charge in [-0.25, -0.2) is 9.97 Å². The van der Waals surface area contributed by atoms with E-state index in [1.165, 1.54) is 11.1 Å². The van der Waals surface area contributed by atoms with Crippen LogP contribution in [-0.4, -0.2) is 15.1 Å². The zero-order chi connectivity index (χ0) is 34.0. The maximum atomic E-state index is 11.0. The normalized spacial score (nSPS) is 11.1. The average Bonchev–Trinajstić information content (AvgIpc) is 3.16. The molecule has 6 aromatic carbocycles. The van der Waals surface area contributed by atoms with Crippen molar-refractivity contribution in [2.75, 3.05) is 4.90 Å². The van der Waals surface area contributed by atoms with Crippen molar-refractivity contribution in [2.24, 2.45) is 0 Å². The molecule has 1 N–H and O–H groups in total. The smallest absolute Gasteiger partial charge is 0.137 e. The Labute approximate surface area is 292 Å². The van der Waals surface area contributed by atoms with Crippen LogP contribution in [0.25, 0.3) is 55.5 Å². The second-order valence-electron chi connectivity index (χ2n) is 12.6. The number of aromatic hydroxyl groups is 1. The number of rotatable bonds is 7. The molecule has 0 unspecified atom stereocenters. The fraction of sp³-hybridized carbons (Fsp3) is 0.0435. The monoisotopic (exact) mass is 645 g/mol. The molecule has 8 rings (SSSR count). The molecule has 4 heteroatoms. The van der Waals surface area contributed by atoms with Gasteiger partial charge >= 0.3 is 0 Å². The molecule has 2 aromatic heterocycles. The van der Waals surface area contributed by atoms with Crippen molar-refractivity contribution in [2.45, 2.75) is 13.8 Å². The van der Waals surface area contributed by atoms with Gasteiger partial charge in [0.05, 0.1) is 17.1 Å². The van der Waals surface area contributed by atoms with Gasteiger partial charge in [0.1, 0.15) is 11.6 Å². The highest BCUT2D eigenvalue weighted by Crippen LogP contribution is 2.43. The molecule has 0 aliphatic carbocycles. The van der Waals surface area contributed by atoms with Crippen LogP contribution in [0.15, 0.2) is 170 Å². The molecule has 0 bridgehead atoms. The number of nitrogens with zero attached hydrogens (tertiary/aromatic N) is 3. The summed E-state index contributed by atoms with van der Waals surface area (Å²) in [6, 6.07) is 56.0. The van der Waals surface area contributed by atoms with Crippen molar-refractivity contribution in [3.05, 3.63) is 181 Å². The number of fused-ring (bicyclic) bond motifs is 1. The summed E-state index contributed by atoms with van der Waals surface area (Å²) < 4.78 is 0. The molecule has 0 fully saturated rings. The number of anilines is 3. The quantitative estimate of drug-likeness (QED) is 0.187. The van der Waals surface area contributed by atoms with E-state index in [1.54, 1.807) is 6.07 Å². The van der Waals surface area contributed by atoms with Gasteiger partial charge in [-0.3, -0.25) is 4.90 Å². The van der Waals surface area contributed by atoms with E-state index >= 15 is 0 Å². The van der Waals surface area contributed by atoms with Crippen molar-refractivity contribution in [3.8, 4) is 50.5 Å². The fourth-order valence-corrected chi connectivity index (χ4v) is 6.89. The van der Waals surface area contributed by atoms with Crippen LogP contribution >= 0.6 is 0 Å². The molecule has 2 heterocycles. The molecule has 0 radical (unpaired) electrons. The van der Waals surface area contributed by atoms with Gasteiger partial charge in [-0.1, -0.05) is 103 Å². The minimum atomic E-state index is 0.195. The molecule has 0 aliphatic heterocycles. The fourth-order valence-electron chi connectivity index (χ4n) is 6.89. The van der Waals surface area contributed by atoms with E-state index in [1.807, 2.05) is 48.7 Å². The highest BCUT2D eigenvalue weighted by Gasteiger charge is 2.20. The van der Waals surface area contributed by atoms with Crippen LogP contribution in [0.4, 0.5) is 17.2 Å². The zero-order valence-electron chi connectivity index (χ0n) is 28.0. The van der Waals surface area contributed by atoms with Gasteiger partial charge in [0.15, 0.2) is 0 Å². The van der Waals surface area contributed by atoms with Crippen LogP contribution < -0.4 is 4.90 Å². The lowest BCUT2D eigenvalue weighted by atomic mass is 9.92. The largest absolute Gasteiger partial charge is 0.507 e. The van der Waals surface area contributed by atoms with Gasteiger partial charge in [0.2, 0.25) is 0 Å². The summed E-state index contributed by atoms with van der Waals surface area (Å²) in [5.74, 6) is 1.01. The van der Waals surface area contributed by atoms with Crippen molar-refractivity contribution < 1.29 is 5.11 Å². The first-order valence-corrected chi connectivity index (χ1v) is 16.8. The van der Waals surface area contributed by atoms with Crippen molar-refractivity contribution >= 4 is 28.0 Å². The molecule has 0 aliphatic rings. The summed E-state index contributed by atoms with van der Waals surface area (Å²) >= 11 is 0. The summed E-state index contributed by atoms with van der Waals surface area (Å²) in [7, 11) is 0. The Kier molecular flexibility index (Phi) is 8.11. The van der Waals surface area contributed by atoms with Crippen LogP contribution in [-0.2, 0) is 0 Å². The van der Waals surface area contributed by atoms with Crippen LogP contribution in [0.2, 0.25) is 0 Å². The summed E-state index contributed by atoms with van der Waals surface area (Å²) in [4.78, 5) is 12.4. The molecule has 0 spiro atoms. The van der Waals surface area contributed by atoms with E-state index < -0.39 is 0 Å². The van der Waals surface area contributed by atoms with E-state index in [-0.39, 0.29) is 5.75 Å². The lowest BCUT2D eigenvalue weighted by Gasteiger charge is -2.27. The maximum Gasteiger partial charge on any atom is 0.137 e. The Morgan fingerprint density at radius 3 is 2.00 bits per heavy atom. The molecule has 240 valence electrons. The first-order chi connectivity index (χ1) is 24.5. The minimum Gasteiger partial charge on any atom is -0.507 e. The highest BCUT2D eigenvalue weighted by molar-refractivity contribution is 5.99. The van der Waals surface area contributed by atoms with Crippen molar-refractivity contribution in [1.29, 1.82) is 0 Å². The van der Waals surface area contributed by atoms with E-state index in [0.29, 0.717) is 11.3 Å². The average molecular weight is 646 g/mol. The standard InChI is InChI=1S/C46H35N3O/c1-31-14-12-15-32(2)46(31)37-29-41(48-42(30-37)40-21-8-9-23-44(40)50)36-26-35(33-16-4-3-5-17-33)27-38(28-36)49(45-24-10-11-25-47-45)43-22-13-19-34-18-6-7-20-39(34)43/h3-30,50H,1-2H3. The molecule has 0 saturated carbocycles. The Hall–Kier alpha value is -6.52. The topological polar surface area (TPSA) is 49.2 Å². The molecule has 0 saturated heterocycles. The third-order valence-electron chi connectivity index (χ3n) is 9.24. The number of pyridine rings is 2. The molecule has 8 aromatic rings. The SMILES string of the molecule is Cc1cccc(C)c1-c1cc(-c2cc(-c3ccccc3)cc(N(c3ccccn3)c3cccc4ccccc34)c2)nc(-c2ccccc2O)c1. The molecule has 0 atom stereocenters. The third-order valence-corrected chi connectivity index (χ3v) is 9.24. The Balaban J connectivity index is 1.42. The van der Waals surface area contributed by atoms with Gasteiger partial charge in [-0.05, 0) is 113 Å². The number of hydrogen-bond acceptors (Lipinski definition) is 4. The molecule has 4 nitrogen and oxygen atoms in total. The third kappa shape index (κ3) is 5.88. The Bertz CT molecular complexity index is 2450. The number of aryl methyl sites for hydroxylation is 2. The van der Waals surface area contributed by atoms with Crippen LogP contribution in [0.5, 0.6) is 5.75 Å². The van der Waals surface area contributed by atoms with Crippen LogP contribution in [0.1, 0.15) is 11.1 Å². The number of para-hydroxylation sites is 1.